The van der Waals surface area contributed by atoms with Crippen LogP contribution in [0.2, 0.25) is 0 Å². The summed E-state index contributed by atoms with van der Waals surface area (Å²) in [7, 11) is 0. The van der Waals surface area contributed by atoms with Gasteiger partial charge in [-0.1, -0.05) is 20.8 Å². The number of nitrogens with one attached hydrogen (secondary N) is 1. The minimum atomic E-state index is 0.426. The summed E-state index contributed by atoms with van der Waals surface area (Å²) in [6, 6.07) is 0. The van der Waals surface area contributed by atoms with Crippen LogP contribution >= 0.6 is 0 Å². The quantitative estimate of drug-likeness (QED) is 0.744. The maximum atomic E-state index is 4.81. The highest BCUT2D eigenvalue weighted by Crippen LogP contribution is 2.37. The van der Waals surface area contributed by atoms with Gasteiger partial charge in [-0.25, -0.2) is 4.98 Å². The Balaban J connectivity index is 1.93. The highest BCUT2D eigenvalue weighted by atomic mass is 15.2. The van der Waals surface area contributed by atoms with Gasteiger partial charge in [-0.15, -0.1) is 0 Å². The molecule has 3 nitrogen and oxygen atoms in total. The molecule has 0 fully saturated rings. The Hall–Kier alpha value is -0.830. The number of rotatable bonds is 0. The first-order valence-electron chi connectivity index (χ1n) is 6.83. The summed E-state index contributed by atoms with van der Waals surface area (Å²) in [5, 5.41) is 3.41. The molecule has 3 rings (SSSR count). The molecule has 1 aliphatic heterocycles. The standard InChI is InChI=1S/C14H23N3/c1-14(2,3)10-4-5-11-12(8-10)17-7-6-15-9-13(17)16-11/h10,15H,4-9H2,1-3H3. The highest BCUT2D eigenvalue weighted by molar-refractivity contribution is 5.22. The lowest BCUT2D eigenvalue weighted by Crippen LogP contribution is -2.31. The number of imidazole rings is 1. The van der Waals surface area contributed by atoms with E-state index in [4.69, 9.17) is 4.98 Å². The Kier molecular flexibility index (Phi) is 2.54. The maximum absolute atomic E-state index is 4.81. The van der Waals surface area contributed by atoms with E-state index in [0.29, 0.717) is 5.41 Å². The molecule has 0 radical (unpaired) electrons. The van der Waals surface area contributed by atoms with Gasteiger partial charge in [0.2, 0.25) is 0 Å². The molecule has 1 aliphatic carbocycles. The van der Waals surface area contributed by atoms with E-state index < -0.39 is 0 Å². The van der Waals surface area contributed by atoms with Crippen molar-refractivity contribution < 1.29 is 0 Å². The monoisotopic (exact) mass is 233 g/mol. The van der Waals surface area contributed by atoms with Gasteiger partial charge in [0.05, 0.1) is 12.2 Å². The molecule has 1 N–H and O–H groups in total. The molecule has 94 valence electrons. The predicted octanol–water partition coefficient (Wildman–Crippen LogP) is 2.14. The average Bonchev–Trinajstić information content (AvgIpc) is 2.65. The molecule has 17 heavy (non-hydrogen) atoms. The molecule has 0 bridgehead atoms. The molecule has 0 amide bonds. The number of nitrogens with zero attached hydrogens (tertiary/aromatic N) is 2. The SMILES string of the molecule is CC(C)(C)C1CCc2nc3n(c2C1)CCNC3. The molecular weight excluding hydrogens is 210 g/mol. The first-order valence-corrected chi connectivity index (χ1v) is 6.83. The fourth-order valence-corrected chi connectivity index (χ4v) is 3.20. The molecule has 1 atom stereocenters. The third-order valence-corrected chi connectivity index (χ3v) is 4.42. The van der Waals surface area contributed by atoms with E-state index >= 15 is 0 Å². The van der Waals surface area contributed by atoms with Gasteiger partial charge in [-0.2, -0.15) is 0 Å². The van der Waals surface area contributed by atoms with Crippen molar-refractivity contribution in [3.8, 4) is 0 Å². The van der Waals surface area contributed by atoms with Crippen molar-refractivity contribution in [3.63, 3.8) is 0 Å². The molecule has 1 unspecified atom stereocenters. The number of hydrogen-bond acceptors (Lipinski definition) is 2. The van der Waals surface area contributed by atoms with Crippen molar-refractivity contribution in [1.82, 2.24) is 14.9 Å². The third kappa shape index (κ3) is 1.90. The normalized spacial score (nSPS) is 24.3. The molecule has 2 aliphatic rings. The molecule has 1 aromatic rings. The summed E-state index contributed by atoms with van der Waals surface area (Å²) in [5.74, 6) is 2.07. The van der Waals surface area contributed by atoms with Crippen molar-refractivity contribution in [2.75, 3.05) is 6.54 Å². The summed E-state index contributed by atoms with van der Waals surface area (Å²) in [5.41, 5.74) is 3.34. The Bertz CT molecular complexity index is 425. The van der Waals surface area contributed by atoms with Crippen LogP contribution in [0.5, 0.6) is 0 Å². The summed E-state index contributed by atoms with van der Waals surface area (Å²) in [6.45, 7) is 10.3. The fraction of sp³-hybridized carbons (Fsp3) is 0.786. The van der Waals surface area contributed by atoms with Gasteiger partial charge in [-0.05, 0) is 30.6 Å². The van der Waals surface area contributed by atoms with Crippen LogP contribution in [0, 0.1) is 11.3 Å². The van der Waals surface area contributed by atoms with Gasteiger partial charge in [-0.3, -0.25) is 0 Å². The highest BCUT2D eigenvalue weighted by Gasteiger charge is 2.32. The topological polar surface area (TPSA) is 29.9 Å². The number of fused-ring (bicyclic) bond motifs is 3. The second-order valence-corrected chi connectivity index (χ2v) is 6.56. The molecular formula is C14H23N3. The molecule has 0 saturated heterocycles. The fourth-order valence-electron chi connectivity index (χ4n) is 3.20. The Morgan fingerprint density at radius 2 is 2.18 bits per heavy atom. The van der Waals surface area contributed by atoms with Gasteiger partial charge >= 0.3 is 0 Å². The van der Waals surface area contributed by atoms with Crippen molar-refractivity contribution in [2.45, 2.75) is 53.1 Å². The van der Waals surface area contributed by atoms with Gasteiger partial charge < -0.3 is 9.88 Å². The van der Waals surface area contributed by atoms with E-state index in [1.54, 1.807) is 0 Å². The lowest BCUT2D eigenvalue weighted by molar-refractivity contribution is 0.211. The second-order valence-electron chi connectivity index (χ2n) is 6.56. The molecule has 2 heterocycles. The van der Waals surface area contributed by atoms with Crippen molar-refractivity contribution >= 4 is 0 Å². The van der Waals surface area contributed by atoms with E-state index in [0.717, 1.165) is 25.6 Å². The summed E-state index contributed by atoms with van der Waals surface area (Å²) in [6.07, 6.45) is 3.71. The molecule has 0 spiro atoms. The van der Waals surface area contributed by atoms with Crippen molar-refractivity contribution in [2.24, 2.45) is 11.3 Å². The van der Waals surface area contributed by atoms with Crippen LogP contribution in [0.4, 0.5) is 0 Å². The smallest absolute Gasteiger partial charge is 0.123 e. The molecule has 3 heteroatoms. The largest absolute Gasteiger partial charge is 0.329 e. The van der Waals surface area contributed by atoms with E-state index in [2.05, 4.69) is 30.7 Å². The van der Waals surface area contributed by atoms with Crippen LogP contribution in [0.1, 0.15) is 44.4 Å². The number of aromatic nitrogens is 2. The Labute approximate surface area is 104 Å². The zero-order chi connectivity index (χ0) is 12.0. The van der Waals surface area contributed by atoms with Gasteiger partial charge in [0.25, 0.3) is 0 Å². The van der Waals surface area contributed by atoms with Gasteiger partial charge in [0.15, 0.2) is 0 Å². The van der Waals surface area contributed by atoms with E-state index in [1.165, 1.54) is 36.5 Å². The first-order chi connectivity index (χ1) is 8.05. The maximum Gasteiger partial charge on any atom is 0.123 e. The number of aryl methyl sites for hydroxylation is 1. The van der Waals surface area contributed by atoms with Crippen LogP contribution in [0.15, 0.2) is 0 Å². The number of hydrogen-bond donors (Lipinski definition) is 1. The van der Waals surface area contributed by atoms with Crippen molar-refractivity contribution in [1.29, 1.82) is 0 Å². The summed E-state index contributed by atoms with van der Waals surface area (Å²) < 4.78 is 2.48. The van der Waals surface area contributed by atoms with E-state index in [9.17, 15) is 0 Å². The minimum Gasteiger partial charge on any atom is -0.329 e. The lowest BCUT2D eigenvalue weighted by Gasteiger charge is -2.34. The van der Waals surface area contributed by atoms with Gasteiger partial charge in [0, 0.05) is 18.8 Å². The second kappa shape index (κ2) is 3.84. The van der Waals surface area contributed by atoms with Crippen LogP contribution in [-0.4, -0.2) is 16.1 Å². The lowest BCUT2D eigenvalue weighted by atomic mass is 9.73. The predicted molar refractivity (Wildman–Crippen MR) is 68.9 cm³/mol. The summed E-state index contributed by atoms with van der Waals surface area (Å²) in [4.78, 5) is 4.81. The molecule has 0 saturated carbocycles. The van der Waals surface area contributed by atoms with Crippen LogP contribution in [-0.2, 0) is 25.9 Å². The van der Waals surface area contributed by atoms with E-state index in [1.807, 2.05) is 0 Å². The van der Waals surface area contributed by atoms with Crippen LogP contribution < -0.4 is 5.32 Å². The zero-order valence-corrected chi connectivity index (χ0v) is 11.2. The van der Waals surface area contributed by atoms with E-state index in [-0.39, 0.29) is 0 Å². The zero-order valence-electron chi connectivity index (χ0n) is 11.2. The molecule has 1 aromatic heterocycles. The summed E-state index contributed by atoms with van der Waals surface area (Å²) >= 11 is 0. The van der Waals surface area contributed by atoms with Crippen molar-refractivity contribution in [3.05, 3.63) is 17.2 Å². The molecule has 0 aromatic carbocycles. The third-order valence-electron chi connectivity index (χ3n) is 4.42. The average molecular weight is 233 g/mol. The van der Waals surface area contributed by atoms with Crippen LogP contribution in [0.25, 0.3) is 0 Å². The Morgan fingerprint density at radius 1 is 1.35 bits per heavy atom. The van der Waals surface area contributed by atoms with Gasteiger partial charge in [0.1, 0.15) is 5.82 Å². The minimum absolute atomic E-state index is 0.426. The Morgan fingerprint density at radius 3 is 2.94 bits per heavy atom. The van der Waals surface area contributed by atoms with Crippen LogP contribution in [0.3, 0.4) is 0 Å². The first kappa shape index (κ1) is 11.3.